The van der Waals surface area contributed by atoms with Gasteiger partial charge in [0.1, 0.15) is 35.1 Å². The van der Waals surface area contributed by atoms with E-state index in [4.69, 9.17) is 4.74 Å². The maximum Gasteiger partial charge on any atom is 0.490 e. The molecule has 0 amide bonds. The largest absolute Gasteiger partial charge is 0.490 e. The monoisotopic (exact) mass is 547 g/mol. The number of aryl methyl sites for hydroxylation is 2. The van der Waals surface area contributed by atoms with Crippen LogP contribution in [0.25, 0.3) is 5.69 Å². The molecule has 2 aromatic heterocycles. The summed E-state index contributed by atoms with van der Waals surface area (Å²) in [6.07, 6.45) is -3.88. The number of aromatic nitrogens is 6. The number of fused-ring (bicyclic) bond motifs is 1. The van der Waals surface area contributed by atoms with Crippen LogP contribution < -0.4 is 5.32 Å². The lowest BCUT2D eigenvalue weighted by molar-refractivity contribution is -0.214. The Balaban J connectivity index is 1.45. The molecule has 9 nitrogen and oxygen atoms in total. The molecule has 1 aliphatic rings. The molecule has 0 spiro atoms. The fourth-order valence-electron chi connectivity index (χ4n) is 4.55. The molecule has 0 saturated heterocycles. The molecule has 2 atom stereocenters. The average Bonchev–Trinajstić information content (AvgIpc) is 3.44. The van der Waals surface area contributed by atoms with Crippen LogP contribution in [0, 0.1) is 18.6 Å². The molecule has 0 bridgehead atoms. The number of carbonyl (C=O) groups is 1. The van der Waals surface area contributed by atoms with Crippen molar-refractivity contribution >= 4 is 17.6 Å². The van der Waals surface area contributed by atoms with E-state index in [9.17, 15) is 26.7 Å². The lowest BCUT2D eigenvalue weighted by atomic mass is 9.85. The zero-order valence-electron chi connectivity index (χ0n) is 20.7. The van der Waals surface area contributed by atoms with Crippen LogP contribution in [0.2, 0.25) is 0 Å². The highest BCUT2D eigenvalue weighted by Gasteiger charge is 2.47. The lowest BCUT2D eigenvalue weighted by Gasteiger charge is -2.31. The summed E-state index contributed by atoms with van der Waals surface area (Å²) in [7, 11) is 0. The van der Waals surface area contributed by atoms with Crippen molar-refractivity contribution in [1.82, 2.24) is 29.5 Å². The number of hydrogen-bond acceptors (Lipinski definition) is 7. The summed E-state index contributed by atoms with van der Waals surface area (Å²) in [5.74, 6) is -3.03. The SMILES string of the molecule is Cc1ncnn1-c1ccc(Nc2nc3n(n2)CC[C@](C)(OC(=O)C(F)(F)F)C[C@@H]3c2ccc(F)cc2)cc1F. The highest BCUT2D eigenvalue weighted by Crippen LogP contribution is 2.40. The zero-order valence-corrected chi connectivity index (χ0v) is 20.7. The molecule has 1 N–H and O–H groups in total. The summed E-state index contributed by atoms with van der Waals surface area (Å²) in [6.45, 7) is 3.19. The molecular formula is C25H22F5N7O2. The second-order valence-corrected chi connectivity index (χ2v) is 9.42. The van der Waals surface area contributed by atoms with E-state index in [2.05, 4.69) is 25.5 Å². The number of halogens is 5. The van der Waals surface area contributed by atoms with E-state index in [1.165, 1.54) is 59.0 Å². The molecule has 0 radical (unpaired) electrons. The van der Waals surface area contributed by atoms with E-state index in [0.717, 1.165) is 0 Å². The summed E-state index contributed by atoms with van der Waals surface area (Å²) in [5.41, 5.74) is -0.406. The van der Waals surface area contributed by atoms with Gasteiger partial charge >= 0.3 is 12.1 Å². The smallest absolute Gasteiger partial charge is 0.453 e. The van der Waals surface area contributed by atoms with Gasteiger partial charge in [0.2, 0.25) is 5.95 Å². The summed E-state index contributed by atoms with van der Waals surface area (Å²) in [4.78, 5) is 20.2. The van der Waals surface area contributed by atoms with Crippen molar-refractivity contribution in [3.8, 4) is 5.69 Å². The Morgan fingerprint density at radius 3 is 2.54 bits per heavy atom. The van der Waals surface area contributed by atoms with Gasteiger partial charge in [-0.3, -0.25) is 0 Å². The molecule has 0 saturated carbocycles. The van der Waals surface area contributed by atoms with Crippen LogP contribution in [0.4, 0.5) is 33.6 Å². The Kier molecular flexibility index (Phi) is 6.56. The summed E-state index contributed by atoms with van der Waals surface area (Å²) in [5, 5.41) is 11.4. The Labute approximate surface area is 218 Å². The number of carbonyl (C=O) groups excluding carboxylic acids is 1. The first-order chi connectivity index (χ1) is 18.4. The first-order valence-electron chi connectivity index (χ1n) is 11.9. The Morgan fingerprint density at radius 1 is 1.15 bits per heavy atom. The molecule has 1 aliphatic heterocycles. The molecular weight excluding hydrogens is 525 g/mol. The molecule has 14 heteroatoms. The summed E-state index contributed by atoms with van der Waals surface area (Å²) < 4.78 is 75.1. The van der Waals surface area contributed by atoms with E-state index in [-0.39, 0.29) is 31.0 Å². The van der Waals surface area contributed by atoms with Gasteiger partial charge in [-0.15, -0.1) is 5.10 Å². The van der Waals surface area contributed by atoms with E-state index < -0.39 is 35.3 Å². The molecule has 5 rings (SSSR count). The van der Waals surface area contributed by atoms with Gasteiger partial charge in [-0.25, -0.2) is 27.9 Å². The van der Waals surface area contributed by atoms with Crippen LogP contribution in [-0.2, 0) is 16.1 Å². The van der Waals surface area contributed by atoms with Crippen molar-refractivity contribution < 1.29 is 31.5 Å². The third-order valence-electron chi connectivity index (χ3n) is 6.49. The molecule has 0 aliphatic carbocycles. The van der Waals surface area contributed by atoms with Gasteiger partial charge in [-0.1, -0.05) is 12.1 Å². The Hall–Kier alpha value is -4.36. The first kappa shape index (κ1) is 26.3. The van der Waals surface area contributed by atoms with Crippen molar-refractivity contribution in [3.63, 3.8) is 0 Å². The number of hydrogen-bond donors (Lipinski definition) is 1. The molecule has 39 heavy (non-hydrogen) atoms. The highest BCUT2D eigenvalue weighted by molar-refractivity contribution is 5.76. The minimum absolute atomic E-state index is 0.0168. The highest BCUT2D eigenvalue weighted by atomic mass is 19.4. The maximum atomic E-state index is 14.8. The number of ether oxygens (including phenoxy) is 1. The molecule has 2 aromatic carbocycles. The standard InChI is InChI=1S/C25H22F5N7O2/c1-14-31-13-32-37(14)20-8-7-17(11-19(20)27)33-23-34-21-18(15-3-5-16(26)6-4-15)12-24(2,9-10-36(21)35-23)39-22(38)25(28,29)30/h3-8,11,13,18H,9-10,12H2,1-2H3,(H,33,35)/t18-,24+/m1/s1. The zero-order chi connectivity index (χ0) is 27.9. The van der Waals surface area contributed by atoms with E-state index >= 15 is 0 Å². The van der Waals surface area contributed by atoms with Crippen LogP contribution >= 0.6 is 0 Å². The van der Waals surface area contributed by atoms with Crippen LogP contribution in [-0.4, -0.2) is 47.3 Å². The van der Waals surface area contributed by atoms with Crippen molar-refractivity contribution in [3.05, 3.63) is 77.6 Å². The van der Waals surface area contributed by atoms with Crippen molar-refractivity contribution in [2.24, 2.45) is 0 Å². The fourth-order valence-corrected chi connectivity index (χ4v) is 4.55. The van der Waals surface area contributed by atoms with Gasteiger partial charge < -0.3 is 10.1 Å². The third-order valence-corrected chi connectivity index (χ3v) is 6.49. The van der Waals surface area contributed by atoms with Gasteiger partial charge in [-0.05, 0) is 49.7 Å². The normalized spacial score (nSPS) is 19.3. The van der Waals surface area contributed by atoms with Crippen LogP contribution in [0.1, 0.15) is 42.9 Å². The van der Waals surface area contributed by atoms with Gasteiger partial charge in [0.25, 0.3) is 0 Å². The Bertz CT molecular complexity index is 1520. The number of esters is 1. The molecule has 204 valence electrons. The quantitative estimate of drug-likeness (QED) is 0.278. The summed E-state index contributed by atoms with van der Waals surface area (Å²) in [6, 6.07) is 9.79. The van der Waals surface area contributed by atoms with Crippen molar-refractivity contribution in [1.29, 1.82) is 0 Å². The number of rotatable bonds is 5. The molecule has 3 heterocycles. The van der Waals surface area contributed by atoms with Gasteiger partial charge in [0.15, 0.2) is 5.82 Å². The second kappa shape index (κ2) is 9.75. The third kappa shape index (κ3) is 5.45. The number of benzene rings is 2. The average molecular weight is 547 g/mol. The summed E-state index contributed by atoms with van der Waals surface area (Å²) >= 11 is 0. The number of nitrogens with one attached hydrogen (secondary N) is 1. The van der Waals surface area contributed by atoms with E-state index in [1.54, 1.807) is 13.0 Å². The van der Waals surface area contributed by atoms with Gasteiger partial charge in [-0.2, -0.15) is 23.3 Å². The maximum absolute atomic E-state index is 14.8. The van der Waals surface area contributed by atoms with Crippen LogP contribution in [0.15, 0.2) is 48.8 Å². The predicted molar refractivity (Wildman–Crippen MR) is 127 cm³/mol. The minimum Gasteiger partial charge on any atom is -0.453 e. The van der Waals surface area contributed by atoms with E-state index in [1.807, 2.05) is 0 Å². The van der Waals surface area contributed by atoms with Crippen molar-refractivity contribution in [2.45, 2.75) is 50.9 Å². The molecule has 0 unspecified atom stereocenters. The molecule has 4 aromatic rings. The predicted octanol–water partition coefficient (Wildman–Crippen LogP) is 4.98. The topological polar surface area (TPSA) is 99.8 Å². The van der Waals surface area contributed by atoms with Gasteiger partial charge in [0, 0.05) is 31.0 Å². The Morgan fingerprint density at radius 2 is 1.90 bits per heavy atom. The number of anilines is 2. The van der Waals surface area contributed by atoms with Crippen LogP contribution in [0.5, 0.6) is 0 Å². The minimum atomic E-state index is -5.15. The van der Waals surface area contributed by atoms with Crippen molar-refractivity contribution in [2.75, 3.05) is 5.32 Å². The second-order valence-electron chi connectivity index (χ2n) is 9.42. The van der Waals surface area contributed by atoms with E-state index in [0.29, 0.717) is 22.9 Å². The van der Waals surface area contributed by atoms with Crippen LogP contribution in [0.3, 0.4) is 0 Å². The number of alkyl halides is 3. The number of nitrogens with zero attached hydrogens (tertiary/aromatic N) is 6. The van der Waals surface area contributed by atoms with Gasteiger partial charge in [0.05, 0.1) is 0 Å². The fraction of sp³-hybridized carbons (Fsp3) is 0.320. The lowest BCUT2D eigenvalue weighted by Crippen LogP contribution is -2.39. The molecule has 0 fully saturated rings. The first-order valence-corrected chi connectivity index (χ1v) is 11.9.